The Labute approximate surface area is 289 Å². The van der Waals surface area contributed by atoms with Crippen LogP contribution in [-0.2, 0) is 32.9 Å². The van der Waals surface area contributed by atoms with E-state index in [0.29, 0.717) is 31.8 Å². The van der Waals surface area contributed by atoms with E-state index >= 15 is 0 Å². The maximum absolute atomic E-state index is 10.6. The SMILES string of the molecule is CC1(C)OB(c2ccc(O)cc2)OC1(C)C.CC1(C)OB(c2ccc(OCCCC(=O)O)cc2)OC1(C)C.CCOC(=O)CCCBr. The van der Waals surface area contributed by atoms with Gasteiger partial charge in [-0.3, -0.25) is 9.59 Å². The fourth-order valence-electron chi connectivity index (χ4n) is 4.17. The number of aromatic hydroxyl groups is 1. The Kier molecular flexibility index (Phi) is 15.3. The monoisotopic (exact) mass is 720 g/mol. The van der Waals surface area contributed by atoms with Crippen molar-refractivity contribution in [2.45, 2.75) is 110 Å². The minimum atomic E-state index is -0.806. The van der Waals surface area contributed by atoms with Gasteiger partial charge in [0.25, 0.3) is 0 Å². The second kappa shape index (κ2) is 17.7. The number of carbonyl (C=O) groups is 2. The van der Waals surface area contributed by atoms with Gasteiger partial charge in [0, 0.05) is 18.2 Å². The van der Waals surface area contributed by atoms with Gasteiger partial charge in [0.2, 0.25) is 0 Å². The van der Waals surface area contributed by atoms with Crippen LogP contribution in [0.5, 0.6) is 11.5 Å². The summed E-state index contributed by atoms with van der Waals surface area (Å²) in [5, 5.41) is 18.7. The molecule has 0 aliphatic carbocycles. The molecular formula is C34H51B2BrO10. The highest BCUT2D eigenvalue weighted by atomic mass is 79.9. The van der Waals surface area contributed by atoms with Crippen LogP contribution >= 0.6 is 15.9 Å². The number of phenols is 1. The number of alkyl halides is 1. The lowest BCUT2D eigenvalue weighted by Gasteiger charge is -2.32. The molecule has 0 saturated carbocycles. The fraction of sp³-hybridized carbons (Fsp3) is 0.588. The molecule has 0 amide bonds. The number of halogens is 1. The zero-order valence-electron chi connectivity index (χ0n) is 29.3. The van der Waals surface area contributed by atoms with Gasteiger partial charge in [-0.05, 0) is 110 Å². The number of ether oxygens (including phenoxy) is 2. The van der Waals surface area contributed by atoms with E-state index in [4.69, 9.17) is 28.5 Å². The largest absolute Gasteiger partial charge is 0.508 e. The predicted molar refractivity (Wildman–Crippen MR) is 188 cm³/mol. The summed E-state index contributed by atoms with van der Waals surface area (Å²) in [5.41, 5.74) is 0.506. The molecule has 0 radical (unpaired) electrons. The Morgan fingerprint density at radius 3 is 1.53 bits per heavy atom. The third-order valence-corrected chi connectivity index (χ3v) is 9.01. The smallest absolute Gasteiger partial charge is 0.494 e. The minimum Gasteiger partial charge on any atom is -0.508 e. The van der Waals surface area contributed by atoms with Crippen LogP contribution in [0.3, 0.4) is 0 Å². The second-order valence-electron chi connectivity index (χ2n) is 13.3. The van der Waals surface area contributed by atoms with Crippen molar-refractivity contribution >= 4 is 53.0 Å². The standard InChI is InChI=1S/C16H23BO5.C12H17BO3.C6H11BrO2/c1-15(2)16(3,4)22-17(21-15)12-7-9-13(10-8-12)20-11-5-6-14(18)19;1-11(2)12(3,4)16-13(15-11)9-5-7-10(14)8-6-9;1-2-9-6(8)4-3-5-7/h7-10H,5-6,11H2,1-4H3,(H,18,19);5-8,14H,1-4H3;2-5H2,1H3. The third-order valence-electron chi connectivity index (χ3n) is 8.45. The van der Waals surface area contributed by atoms with Crippen molar-refractivity contribution < 1.29 is 47.9 Å². The lowest BCUT2D eigenvalue weighted by Crippen LogP contribution is -2.41. The summed E-state index contributed by atoms with van der Waals surface area (Å²) in [6, 6.07) is 14.4. The van der Waals surface area contributed by atoms with Gasteiger partial charge in [0.1, 0.15) is 11.5 Å². The Morgan fingerprint density at radius 2 is 1.15 bits per heavy atom. The van der Waals surface area contributed by atoms with Crippen LogP contribution in [0, 0.1) is 0 Å². The predicted octanol–water partition coefficient (Wildman–Crippen LogP) is 5.65. The van der Waals surface area contributed by atoms with Crippen LogP contribution in [0.2, 0.25) is 0 Å². The molecule has 47 heavy (non-hydrogen) atoms. The molecule has 4 rings (SSSR count). The van der Waals surface area contributed by atoms with Crippen LogP contribution in [0.25, 0.3) is 0 Å². The van der Waals surface area contributed by atoms with Crippen molar-refractivity contribution in [3.05, 3.63) is 48.5 Å². The lowest BCUT2D eigenvalue weighted by molar-refractivity contribution is -0.143. The van der Waals surface area contributed by atoms with Crippen molar-refractivity contribution in [1.29, 1.82) is 0 Å². The van der Waals surface area contributed by atoms with Gasteiger partial charge < -0.3 is 38.3 Å². The molecule has 0 bridgehead atoms. The average molecular weight is 721 g/mol. The Balaban J connectivity index is 0.000000269. The molecule has 2 fully saturated rings. The summed E-state index contributed by atoms with van der Waals surface area (Å²) < 4.78 is 33.9. The van der Waals surface area contributed by atoms with E-state index in [0.717, 1.165) is 22.7 Å². The van der Waals surface area contributed by atoms with Crippen LogP contribution in [0.1, 0.15) is 88.0 Å². The molecule has 10 nitrogen and oxygen atoms in total. The van der Waals surface area contributed by atoms with Gasteiger partial charge in [0.05, 0.1) is 35.6 Å². The Hall–Kier alpha value is -2.57. The first-order chi connectivity index (χ1) is 21.8. The molecule has 2 N–H and O–H groups in total. The Bertz CT molecular complexity index is 1230. The van der Waals surface area contributed by atoms with E-state index in [9.17, 15) is 14.7 Å². The molecule has 2 aromatic carbocycles. The summed E-state index contributed by atoms with van der Waals surface area (Å²) in [6.45, 7) is 18.9. The number of carbonyl (C=O) groups excluding carboxylic acids is 1. The molecule has 0 unspecified atom stereocenters. The number of hydrogen-bond acceptors (Lipinski definition) is 9. The number of hydrogen-bond donors (Lipinski definition) is 2. The molecular weight excluding hydrogens is 670 g/mol. The van der Waals surface area contributed by atoms with E-state index in [-0.39, 0.29) is 54.8 Å². The summed E-state index contributed by atoms with van der Waals surface area (Å²) in [5.74, 6) is 0.0579. The van der Waals surface area contributed by atoms with Crippen LogP contribution in [0.15, 0.2) is 48.5 Å². The van der Waals surface area contributed by atoms with Gasteiger partial charge in [-0.1, -0.05) is 40.2 Å². The number of carboxylic acid groups (broad SMARTS) is 1. The number of phenolic OH excluding ortho intramolecular Hbond substituents is 1. The van der Waals surface area contributed by atoms with Gasteiger partial charge in [-0.25, -0.2) is 0 Å². The molecule has 2 saturated heterocycles. The summed E-state index contributed by atoms with van der Waals surface area (Å²) in [7, 11) is -0.739. The van der Waals surface area contributed by atoms with Crippen LogP contribution < -0.4 is 15.7 Å². The summed E-state index contributed by atoms with van der Waals surface area (Å²) in [6.07, 6.45) is 2.00. The van der Waals surface area contributed by atoms with Crippen molar-refractivity contribution in [3.63, 3.8) is 0 Å². The lowest BCUT2D eigenvalue weighted by atomic mass is 9.79. The number of benzene rings is 2. The van der Waals surface area contributed by atoms with Gasteiger partial charge >= 0.3 is 26.2 Å². The van der Waals surface area contributed by atoms with Crippen molar-refractivity contribution in [1.82, 2.24) is 0 Å². The number of carboxylic acids is 1. The van der Waals surface area contributed by atoms with Crippen LogP contribution in [-0.4, -0.2) is 77.3 Å². The zero-order chi connectivity index (χ0) is 35.5. The normalized spacial score (nSPS) is 18.3. The quantitative estimate of drug-likeness (QED) is 0.130. The first-order valence-corrected chi connectivity index (χ1v) is 17.1. The molecule has 2 aromatic rings. The number of esters is 1. The van der Waals surface area contributed by atoms with Crippen LogP contribution in [0.4, 0.5) is 0 Å². The first kappa shape index (κ1) is 40.6. The van der Waals surface area contributed by atoms with Crippen molar-refractivity contribution in [2.75, 3.05) is 18.5 Å². The molecule has 13 heteroatoms. The highest BCUT2D eigenvalue weighted by molar-refractivity contribution is 9.09. The number of rotatable bonds is 11. The third kappa shape index (κ3) is 12.4. The zero-order valence-corrected chi connectivity index (χ0v) is 30.8. The topological polar surface area (TPSA) is 130 Å². The van der Waals surface area contributed by atoms with E-state index in [1.807, 2.05) is 98.7 Å². The average Bonchev–Trinajstić information content (AvgIpc) is 3.35. The Morgan fingerprint density at radius 1 is 0.723 bits per heavy atom. The second-order valence-corrected chi connectivity index (χ2v) is 14.1. The van der Waals surface area contributed by atoms with E-state index < -0.39 is 5.97 Å². The molecule has 2 heterocycles. The van der Waals surface area contributed by atoms with Gasteiger partial charge in [-0.2, -0.15) is 0 Å². The van der Waals surface area contributed by atoms with Crippen molar-refractivity contribution in [2.24, 2.45) is 0 Å². The summed E-state index contributed by atoms with van der Waals surface area (Å²) >= 11 is 3.22. The van der Waals surface area contributed by atoms with E-state index in [1.165, 1.54) is 0 Å². The fourth-order valence-corrected chi connectivity index (χ4v) is 4.45. The molecule has 0 spiro atoms. The molecule has 0 aromatic heterocycles. The first-order valence-electron chi connectivity index (χ1n) is 16.0. The van der Waals surface area contributed by atoms with Gasteiger partial charge in [-0.15, -0.1) is 0 Å². The minimum absolute atomic E-state index is 0.100. The summed E-state index contributed by atoms with van der Waals surface area (Å²) in [4.78, 5) is 21.0. The highest BCUT2D eigenvalue weighted by Crippen LogP contribution is 2.37. The van der Waals surface area contributed by atoms with E-state index in [1.54, 1.807) is 12.1 Å². The van der Waals surface area contributed by atoms with Gasteiger partial charge in [0.15, 0.2) is 0 Å². The van der Waals surface area contributed by atoms with E-state index in [2.05, 4.69) is 20.7 Å². The molecule has 2 aliphatic heterocycles. The molecule has 0 atom stereocenters. The maximum atomic E-state index is 10.6. The highest BCUT2D eigenvalue weighted by Gasteiger charge is 2.52. The maximum Gasteiger partial charge on any atom is 0.494 e. The molecule has 260 valence electrons. The molecule has 2 aliphatic rings. The van der Waals surface area contributed by atoms with Crippen molar-refractivity contribution in [3.8, 4) is 11.5 Å². The number of aliphatic carboxylic acids is 1.